The zero-order valence-electron chi connectivity index (χ0n) is 9.21. The molecule has 88 valence electrons. The molecule has 0 aliphatic heterocycles. The van der Waals surface area contributed by atoms with E-state index in [1.54, 1.807) is 29.0 Å². The van der Waals surface area contributed by atoms with Crippen molar-refractivity contribution in [2.45, 2.75) is 13.1 Å². The summed E-state index contributed by atoms with van der Waals surface area (Å²) in [5, 5.41) is 9.34. The number of nitrogens with two attached hydrogens (primary N) is 1. The quantitative estimate of drug-likeness (QED) is 0.804. The average molecular weight is 231 g/mol. The Balaban J connectivity index is 2.27. The van der Waals surface area contributed by atoms with Gasteiger partial charge >= 0.3 is 0 Å². The molecule has 0 amide bonds. The molecule has 0 aliphatic carbocycles. The second-order valence-corrected chi connectivity index (χ2v) is 3.75. The molecule has 5 nitrogen and oxygen atoms in total. The van der Waals surface area contributed by atoms with E-state index in [0.717, 1.165) is 5.56 Å². The summed E-state index contributed by atoms with van der Waals surface area (Å²) in [7, 11) is 0. The normalized spacial score (nSPS) is 10.4. The molecule has 2 aromatic rings. The second kappa shape index (κ2) is 4.80. The van der Waals surface area contributed by atoms with E-state index in [2.05, 4.69) is 4.98 Å². The topological polar surface area (TPSA) is 81.1 Å². The van der Waals surface area contributed by atoms with Gasteiger partial charge in [-0.15, -0.1) is 0 Å². The van der Waals surface area contributed by atoms with Crippen molar-refractivity contribution in [1.82, 2.24) is 9.55 Å². The maximum Gasteiger partial charge on any atom is 0.277 e. The molecule has 1 aromatic heterocycles. The maximum absolute atomic E-state index is 11.3. The lowest BCUT2D eigenvalue weighted by molar-refractivity contribution is 0.474. The third kappa shape index (κ3) is 2.70. The number of rotatable bonds is 3. The molecule has 0 spiro atoms. The van der Waals surface area contributed by atoms with Gasteiger partial charge in [-0.05, 0) is 17.7 Å². The van der Waals surface area contributed by atoms with Gasteiger partial charge in [-0.2, -0.15) is 4.98 Å². The van der Waals surface area contributed by atoms with Gasteiger partial charge in [0.15, 0.2) is 0 Å². The Labute approximate surface area is 98.2 Å². The lowest BCUT2D eigenvalue weighted by Crippen LogP contribution is -2.19. The summed E-state index contributed by atoms with van der Waals surface area (Å²) in [6.45, 7) is 0.710. The van der Waals surface area contributed by atoms with E-state index in [1.165, 1.54) is 6.33 Å². The van der Waals surface area contributed by atoms with Gasteiger partial charge in [0.25, 0.3) is 5.56 Å². The lowest BCUT2D eigenvalue weighted by atomic mass is 10.2. The Morgan fingerprint density at radius 2 is 2.24 bits per heavy atom. The van der Waals surface area contributed by atoms with Crippen LogP contribution >= 0.6 is 0 Å². The number of nitrogens with zero attached hydrogens (tertiary/aromatic N) is 2. The van der Waals surface area contributed by atoms with Crippen molar-refractivity contribution < 1.29 is 5.11 Å². The first-order chi connectivity index (χ1) is 8.19. The molecule has 0 fully saturated rings. The summed E-state index contributed by atoms with van der Waals surface area (Å²) < 4.78 is 1.76. The van der Waals surface area contributed by atoms with Crippen LogP contribution < -0.4 is 11.3 Å². The number of hydrogen-bond acceptors (Lipinski definition) is 4. The Morgan fingerprint density at radius 3 is 2.94 bits per heavy atom. The fourth-order valence-electron chi connectivity index (χ4n) is 1.59. The van der Waals surface area contributed by atoms with E-state index in [1.807, 2.05) is 6.07 Å². The summed E-state index contributed by atoms with van der Waals surface area (Å²) in [5.41, 5.74) is 6.56. The van der Waals surface area contributed by atoms with Crippen LogP contribution in [0.2, 0.25) is 0 Å². The average Bonchev–Trinajstić information content (AvgIpc) is 2.32. The van der Waals surface area contributed by atoms with Gasteiger partial charge in [0.1, 0.15) is 5.75 Å². The smallest absolute Gasteiger partial charge is 0.277 e. The fourth-order valence-corrected chi connectivity index (χ4v) is 1.59. The molecule has 1 heterocycles. The summed E-state index contributed by atoms with van der Waals surface area (Å²) in [4.78, 5) is 15.0. The number of aromatic nitrogens is 2. The van der Waals surface area contributed by atoms with Crippen LogP contribution in [0.1, 0.15) is 11.1 Å². The van der Waals surface area contributed by atoms with E-state index in [4.69, 9.17) is 5.73 Å². The van der Waals surface area contributed by atoms with Crippen molar-refractivity contribution in [3.63, 3.8) is 0 Å². The van der Waals surface area contributed by atoms with E-state index in [0.29, 0.717) is 12.1 Å². The molecule has 0 unspecified atom stereocenters. The van der Waals surface area contributed by atoms with Crippen molar-refractivity contribution >= 4 is 0 Å². The molecular weight excluding hydrogens is 218 g/mol. The second-order valence-electron chi connectivity index (χ2n) is 3.75. The standard InChI is InChI=1S/C12H13N3O2/c13-5-10-7-15(8-14-12(10)17)6-9-2-1-3-11(16)4-9/h1-4,7-8,16H,5-6,13H2. The fraction of sp³-hybridized carbons (Fsp3) is 0.167. The Morgan fingerprint density at radius 1 is 1.41 bits per heavy atom. The van der Waals surface area contributed by atoms with Crippen LogP contribution in [-0.2, 0) is 13.1 Å². The summed E-state index contributed by atoms with van der Waals surface area (Å²) in [6, 6.07) is 6.93. The molecule has 17 heavy (non-hydrogen) atoms. The Hall–Kier alpha value is -2.14. The SMILES string of the molecule is NCc1cn(Cc2cccc(O)c2)cnc1=O. The van der Waals surface area contributed by atoms with Crippen LogP contribution in [0.3, 0.4) is 0 Å². The molecule has 3 N–H and O–H groups in total. The number of aromatic hydroxyl groups is 1. The van der Waals surface area contributed by atoms with Crippen molar-refractivity contribution in [2.24, 2.45) is 5.73 Å². The number of phenolic OH excluding ortho intramolecular Hbond substituents is 1. The summed E-state index contributed by atoms with van der Waals surface area (Å²) in [5.74, 6) is 0.218. The van der Waals surface area contributed by atoms with Crippen molar-refractivity contribution in [2.75, 3.05) is 0 Å². The third-order valence-corrected chi connectivity index (χ3v) is 2.42. The molecule has 5 heteroatoms. The van der Waals surface area contributed by atoms with Gasteiger partial charge in [-0.25, -0.2) is 0 Å². The molecule has 0 atom stereocenters. The first-order valence-electron chi connectivity index (χ1n) is 5.22. The molecule has 2 rings (SSSR count). The van der Waals surface area contributed by atoms with Crippen molar-refractivity contribution in [1.29, 1.82) is 0 Å². The number of phenols is 1. The minimum Gasteiger partial charge on any atom is -0.508 e. The predicted octanol–water partition coefficient (Wildman–Crippen LogP) is 0.456. The zero-order valence-corrected chi connectivity index (χ0v) is 9.21. The minimum atomic E-state index is -0.292. The number of hydrogen-bond donors (Lipinski definition) is 2. The lowest BCUT2D eigenvalue weighted by Gasteiger charge is -2.07. The van der Waals surface area contributed by atoms with Gasteiger partial charge in [0.2, 0.25) is 0 Å². The Bertz CT molecular complexity index is 578. The van der Waals surface area contributed by atoms with Crippen molar-refractivity contribution in [3.05, 3.63) is 58.3 Å². The van der Waals surface area contributed by atoms with Crippen LogP contribution in [0, 0.1) is 0 Å². The third-order valence-electron chi connectivity index (χ3n) is 2.42. The Kier molecular flexibility index (Phi) is 3.20. The monoisotopic (exact) mass is 231 g/mol. The van der Waals surface area contributed by atoms with E-state index < -0.39 is 0 Å². The maximum atomic E-state index is 11.3. The van der Waals surface area contributed by atoms with Gasteiger partial charge in [-0.3, -0.25) is 4.79 Å². The molecule has 0 bridgehead atoms. The highest BCUT2D eigenvalue weighted by atomic mass is 16.3. The summed E-state index contributed by atoms with van der Waals surface area (Å²) >= 11 is 0. The molecule has 0 radical (unpaired) electrons. The first kappa shape index (κ1) is 11.3. The molecular formula is C12H13N3O2. The van der Waals surface area contributed by atoms with Gasteiger partial charge in [0, 0.05) is 24.8 Å². The highest BCUT2D eigenvalue weighted by molar-refractivity contribution is 5.27. The van der Waals surface area contributed by atoms with Crippen LogP contribution in [0.4, 0.5) is 0 Å². The van der Waals surface area contributed by atoms with Gasteiger partial charge in [0.05, 0.1) is 6.33 Å². The molecule has 1 aromatic carbocycles. The van der Waals surface area contributed by atoms with E-state index in [-0.39, 0.29) is 17.9 Å². The molecule has 0 saturated heterocycles. The molecule has 0 aliphatic rings. The number of benzene rings is 1. The van der Waals surface area contributed by atoms with Crippen LogP contribution in [0.25, 0.3) is 0 Å². The molecule has 0 saturated carbocycles. The van der Waals surface area contributed by atoms with Crippen LogP contribution in [-0.4, -0.2) is 14.7 Å². The minimum absolute atomic E-state index is 0.173. The van der Waals surface area contributed by atoms with Crippen LogP contribution in [0.5, 0.6) is 5.75 Å². The van der Waals surface area contributed by atoms with Gasteiger partial charge in [-0.1, -0.05) is 12.1 Å². The first-order valence-corrected chi connectivity index (χ1v) is 5.22. The van der Waals surface area contributed by atoms with E-state index >= 15 is 0 Å². The predicted molar refractivity (Wildman–Crippen MR) is 63.6 cm³/mol. The highest BCUT2D eigenvalue weighted by Crippen LogP contribution is 2.11. The largest absolute Gasteiger partial charge is 0.508 e. The zero-order chi connectivity index (χ0) is 12.3. The summed E-state index contributed by atoms with van der Waals surface area (Å²) in [6.07, 6.45) is 3.14. The van der Waals surface area contributed by atoms with E-state index in [9.17, 15) is 9.90 Å². The van der Waals surface area contributed by atoms with Crippen LogP contribution in [0.15, 0.2) is 41.6 Å². The van der Waals surface area contributed by atoms with Gasteiger partial charge < -0.3 is 15.4 Å². The highest BCUT2D eigenvalue weighted by Gasteiger charge is 2.00. The van der Waals surface area contributed by atoms with Crippen molar-refractivity contribution in [3.8, 4) is 5.75 Å².